The Bertz CT molecular complexity index is 658. The van der Waals surface area contributed by atoms with Crippen LogP contribution in [-0.2, 0) is 19.3 Å². The molecule has 0 spiro atoms. The highest BCUT2D eigenvalue weighted by Crippen LogP contribution is 2.29. The van der Waals surface area contributed by atoms with Crippen LogP contribution in [0.15, 0.2) is 6.07 Å². The molecule has 21 heavy (non-hydrogen) atoms. The van der Waals surface area contributed by atoms with E-state index in [0.29, 0.717) is 12.5 Å². The summed E-state index contributed by atoms with van der Waals surface area (Å²) in [6, 6.07) is 1.84. The summed E-state index contributed by atoms with van der Waals surface area (Å²) in [7, 11) is 0. The predicted octanol–water partition coefficient (Wildman–Crippen LogP) is 1.72. The van der Waals surface area contributed by atoms with E-state index in [1.807, 2.05) is 24.8 Å². The number of nitrogens with zero attached hydrogens (tertiary/aromatic N) is 6. The highest BCUT2D eigenvalue weighted by atomic mass is 19.4. The van der Waals surface area contributed by atoms with Gasteiger partial charge in [-0.2, -0.15) is 13.2 Å². The van der Waals surface area contributed by atoms with Crippen molar-refractivity contribution in [2.24, 2.45) is 0 Å². The summed E-state index contributed by atoms with van der Waals surface area (Å²) >= 11 is 0. The Balaban J connectivity index is 1.90. The topological polar surface area (TPSA) is 59.7 Å². The summed E-state index contributed by atoms with van der Waals surface area (Å²) in [6.45, 7) is 4.47. The monoisotopic (exact) mass is 298 g/mol. The quantitative estimate of drug-likeness (QED) is 0.802. The number of alkyl halides is 3. The second kappa shape index (κ2) is 4.68. The van der Waals surface area contributed by atoms with E-state index in [-0.39, 0.29) is 18.9 Å². The Labute approximate surface area is 118 Å². The first-order chi connectivity index (χ1) is 9.84. The largest absolute Gasteiger partial charge is 0.451 e. The van der Waals surface area contributed by atoms with Crippen molar-refractivity contribution >= 4 is 5.95 Å². The normalized spacial score (nSPS) is 15.2. The third-order valence-corrected chi connectivity index (χ3v) is 3.26. The highest BCUT2D eigenvalue weighted by Gasteiger charge is 2.39. The van der Waals surface area contributed by atoms with Gasteiger partial charge < -0.3 is 9.47 Å². The van der Waals surface area contributed by atoms with E-state index < -0.39 is 12.0 Å². The van der Waals surface area contributed by atoms with E-state index in [4.69, 9.17) is 0 Å². The molecule has 1 aliphatic rings. The molecule has 0 atom stereocenters. The first-order valence-corrected chi connectivity index (χ1v) is 6.41. The molecule has 0 saturated carbocycles. The van der Waals surface area contributed by atoms with Crippen molar-refractivity contribution in [1.29, 1.82) is 0 Å². The van der Waals surface area contributed by atoms with Crippen LogP contribution in [0.2, 0.25) is 0 Å². The summed E-state index contributed by atoms with van der Waals surface area (Å²) in [5, 5.41) is 6.89. The molecule has 0 aromatic carbocycles. The second-order valence-corrected chi connectivity index (χ2v) is 4.96. The maximum atomic E-state index is 12.8. The SMILES string of the molecule is Cc1cc(C)nc(N2CCn3c(nnc3C(F)(F)F)C2)n1. The molecule has 2 aromatic rings. The molecule has 0 bridgehead atoms. The van der Waals surface area contributed by atoms with Gasteiger partial charge in [-0.1, -0.05) is 0 Å². The van der Waals surface area contributed by atoms with Gasteiger partial charge in [0.05, 0.1) is 6.54 Å². The molecule has 0 unspecified atom stereocenters. The summed E-state index contributed by atoms with van der Waals surface area (Å²) in [5.41, 5.74) is 1.64. The van der Waals surface area contributed by atoms with Crippen molar-refractivity contribution in [2.45, 2.75) is 33.1 Å². The van der Waals surface area contributed by atoms with Gasteiger partial charge in [-0.3, -0.25) is 0 Å². The average Bonchev–Trinajstić information content (AvgIpc) is 2.80. The molecule has 1 aliphatic heterocycles. The van der Waals surface area contributed by atoms with Crippen molar-refractivity contribution in [3.63, 3.8) is 0 Å². The summed E-state index contributed by atoms with van der Waals surface area (Å²) in [4.78, 5) is 10.5. The first kappa shape index (κ1) is 13.8. The van der Waals surface area contributed by atoms with E-state index in [0.717, 1.165) is 16.0 Å². The lowest BCUT2D eigenvalue weighted by atomic mass is 10.3. The van der Waals surface area contributed by atoms with Gasteiger partial charge in [-0.25, -0.2) is 9.97 Å². The molecular formula is C12H13F3N6. The van der Waals surface area contributed by atoms with Crippen LogP contribution in [0.4, 0.5) is 19.1 Å². The Morgan fingerprint density at radius 1 is 1.05 bits per heavy atom. The van der Waals surface area contributed by atoms with Gasteiger partial charge in [0.1, 0.15) is 0 Å². The van der Waals surface area contributed by atoms with Crippen molar-refractivity contribution in [3.8, 4) is 0 Å². The maximum absolute atomic E-state index is 12.8. The maximum Gasteiger partial charge on any atom is 0.451 e. The van der Waals surface area contributed by atoms with Gasteiger partial charge >= 0.3 is 6.18 Å². The second-order valence-electron chi connectivity index (χ2n) is 4.96. The van der Waals surface area contributed by atoms with E-state index in [9.17, 15) is 13.2 Å². The number of aromatic nitrogens is 5. The average molecular weight is 298 g/mol. The van der Waals surface area contributed by atoms with Gasteiger partial charge in [-0.15, -0.1) is 10.2 Å². The summed E-state index contributed by atoms with van der Waals surface area (Å²) < 4.78 is 39.4. The zero-order valence-corrected chi connectivity index (χ0v) is 11.5. The summed E-state index contributed by atoms with van der Waals surface area (Å²) in [6.07, 6.45) is -4.48. The zero-order valence-electron chi connectivity index (χ0n) is 11.5. The van der Waals surface area contributed by atoms with Crippen LogP contribution in [0.1, 0.15) is 23.0 Å². The molecule has 112 valence electrons. The van der Waals surface area contributed by atoms with Gasteiger partial charge in [0.2, 0.25) is 11.8 Å². The fourth-order valence-corrected chi connectivity index (χ4v) is 2.39. The highest BCUT2D eigenvalue weighted by molar-refractivity contribution is 5.33. The fourth-order valence-electron chi connectivity index (χ4n) is 2.39. The molecular weight excluding hydrogens is 285 g/mol. The Morgan fingerprint density at radius 2 is 1.71 bits per heavy atom. The van der Waals surface area contributed by atoms with Crippen LogP contribution in [0.25, 0.3) is 0 Å². The lowest BCUT2D eigenvalue weighted by Gasteiger charge is -2.28. The van der Waals surface area contributed by atoms with E-state index in [1.165, 1.54) is 0 Å². The molecule has 3 heterocycles. The van der Waals surface area contributed by atoms with E-state index in [2.05, 4.69) is 20.2 Å². The number of anilines is 1. The Morgan fingerprint density at radius 3 is 2.33 bits per heavy atom. The van der Waals surface area contributed by atoms with Crippen LogP contribution in [0.3, 0.4) is 0 Å². The lowest BCUT2D eigenvalue weighted by molar-refractivity contribution is -0.147. The molecule has 0 saturated heterocycles. The van der Waals surface area contributed by atoms with Crippen molar-refractivity contribution in [2.75, 3.05) is 11.4 Å². The predicted molar refractivity (Wildman–Crippen MR) is 67.6 cm³/mol. The minimum Gasteiger partial charge on any atom is -0.331 e. The van der Waals surface area contributed by atoms with Crippen molar-refractivity contribution < 1.29 is 13.2 Å². The third kappa shape index (κ3) is 2.55. The number of aryl methyl sites for hydroxylation is 2. The van der Waals surface area contributed by atoms with E-state index >= 15 is 0 Å². The lowest BCUT2D eigenvalue weighted by Crippen LogP contribution is -2.36. The smallest absolute Gasteiger partial charge is 0.331 e. The van der Waals surface area contributed by atoms with Gasteiger partial charge in [0.15, 0.2) is 5.82 Å². The van der Waals surface area contributed by atoms with Gasteiger partial charge in [0, 0.05) is 24.5 Å². The minimum absolute atomic E-state index is 0.160. The Kier molecular flexibility index (Phi) is 3.07. The van der Waals surface area contributed by atoms with Crippen LogP contribution in [0, 0.1) is 13.8 Å². The molecule has 0 N–H and O–H groups in total. The van der Waals surface area contributed by atoms with Gasteiger partial charge in [-0.05, 0) is 19.9 Å². The number of halogens is 3. The van der Waals surface area contributed by atoms with Crippen molar-refractivity contribution in [1.82, 2.24) is 24.7 Å². The molecule has 6 nitrogen and oxygen atoms in total. The van der Waals surface area contributed by atoms with Crippen LogP contribution in [-0.4, -0.2) is 31.3 Å². The number of hydrogen-bond acceptors (Lipinski definition) is 5. The Hall–Kier alpha value is -2.19. The first-order valence-electron chi connectivity index (χ1n) is 6.41. The van der Waals surface area contributed by atoms with Crippen molar-refractivity contribution in [3.05, 3.63) is 29.1 Å². The molecule has 0 amide bonds. The van der Waals surface area contributed by atoms with Crippen LogP contribution >= 0.6 is 0 Å². The number of fused-ring (bicyclic) bond motifs is 1. The summed E-state index contributed by atoms with van der Waals surface area (Å²) in [5.74, 6) is -0.162. The standard InChI is InChI=1S/C12H13F3N6/c1-7-5-8(2)17-11(16-7)20-3-4-21-9(6-20)18-19-10(21)12(13,14)15/h5H,3-4,6H2,1-2H3. The molecule has 2 aromatic heterocycles. The molecule has 3 rings (SSSR count). The number of hydrogen-bond donors (Lipinski definition) is 0. The van der Waals surface area contributed by atoms with Crippen LogP contribution < -0.4 is 4.90 Å². The third-order valence-electron chi connectivity index (χ3n) is 3.26. The van der Waals surface area contributed by atoms with Crippen LogP contribution in [0.5, 0.6) is 0 Å². The minimum atomic E-state index is -4.48. The van der Waals surface area contributed by atoms with E-state index in [1.54, 1.807) is 0 Å². The molecule has 0 radical (unpaired) electrons. The fraction of sp³-hybridized carbons (Fsp3) is 0.500. The number of rotatable bonds is 1. The molecule has 9 heteroatoms. The zero-order chi connectivity index (χ0) is 15.2. The molecule has 0 fully saturated rings. The molecule has 0 aliphatic carbocycles. The van der Waals surface area contributed by atoms with Gasteiger partial charge in [0.25, 0.3) is 0 Å².